The highest BCUT2D eigenvalue weighted by Gasteiger charge is 2.11. The summed E-state index contributed by atoms with van der Waals surface area (Å²) in [6.45, 7) is 4.05. The molecule has 2 aromatic rings. The van der Waals surface area contributed by atoms with E-state index in [0.717, 1.165) is 5.56 Å². The molecule has 24 heavy (non-hydrogen) atoms. The van der Waals surface area contributed by atoms with Crippen LogP contribution in [0.25, 0.3) is 0 Å². The summed E-state index contributed by atoms with van der Waals surface area (Å²) in [4.78, 5) is 14.4. The lowest BCUT2D eigenvalue weighted by Crippen LogP contribution is -2.12. The second-order valence-corrected chi connectivity index (χ2v) is 5.26. The molecule has 1 N–H and O–H groups in total. The van der Waals surface area contributed by atoms with Crippen LogP contribution in [0, 0.1) is 28.4 Å². The number of nitriles is 1. The second kappa shape index (κ2) is 7.92. The minimum Gasteiger partial charge on any atom is -0.476 e. The fourth-order valence-corrected chi connectivity index (χ4v) is 2.12. The molecule has 124 valence electrons. The van der Waals surface area contributed by atoms with Crippen molar-refractivity contribution in [3.63, 3.8) is 0 Å². The van der Waals surface area contributed by atoms with Gasteiger partial charge < -0.3 is 10.1 Å². The second-order valence-electron chi connectivity index (χ2n) is 5.26. The van der Waals surface area contributed by atoms with Gasteiger partial charge in [0.25, 0.3) is 5.69 Å². The Hall–Kier alpha value is -3.14. The monoisotopic (exact) mass is 326 g/mol. The number of pyridine rings is 1. The molecule has 0 aliphatic rings. The Morgan fingerprint density at radius 1 is 1.46 bits per heavy atom. The Balaban J connectivity index is 2.03. The molecule has 2 rings (SSSR count). The van der Waals surface area contributed by atoms with Crippen molar-refractivity contribution >= 4 is 11.5 Å². The Morgan fingerprint density at radius 3 is 2.88 bits per heavy atom. The van der Waals surface area contributed by atoms with Crippen molar-refractivity contribution in [3.05, 3.63) is 57.8 Å². The van der Waals surface area contributed by atoms with Crippen LogP contribution in [0.5, 0.6) is 5.75 Å². The number of nitrogens with zero attached hydrogens (tertiary/aromatic N) is 3. The maximum absolute atomic E-state index is 10.8. The predicted octanol–water partition coefficient (Wildman–Crippen LogP) is 3.59. The third-order valence-corrected chi connectivity index (χ3v) is 3.45. The van der Waals surface area contributed by atoms with E-state index >= 15 is 0 Å². The van der Waals surface area contributed by atoms with Crippen LogP contribution in [-0.2, 0) is 6.54 Å². The van der Waals surface area contributed by atoms with Crippen molar-refractivity contribution in [2.24, 2.45) is 0 Å². The summed E-state index contributed by atoms with van der Waals surface area (Å²) in [6, 6.07) is 11.2. The van der Waals surface area contributed by atoms with Gasteiger partial charge in [0.2, 0.25) is 0 Å². The molecule has 0 aliphatic heterocycles. The summed E-state index contributed by atoms with van der Waals surface area (Å²) in [7, 11) is 0. The molecule has 0 amide bonds. The number of benzene rings is 1. The van der Waals surface area contributed by atoms with Gasteiger partial charge in [0, 0.05) is 12.1 Å². The molecule has 0 saturated carbocycles. The zero-order valence-corrected chi connectivity index (χ0v) is 13.5. The number of hydrogen-bond acceptors (Lipinski definition) is 6. The van der Waals surface area contributed by atoms with Crippen molar-refractivity contribution in [1.29, 1.82) is 5.26 Å². The number of aryl methyl sites for hydroxylation is 1. The van der Waals surface area contributed by atoms with Gasteiger partial charge in [-0.3, -0.25) is 10.1 Å². The molecule has 7 heteroatoms. The molecular formula is C17H18N4O3. The largest absolute Gasteiger partial charge is 0.476 e. The number of rotatable bonds is 7. The molecule has 1 atom stereocenters. The third kappa shape index (κ3) is 4.43. The third-order valence-electron chi connectivity index (χ3n) is 3.45. The minimum absolute atomic E-state index is 0.00180. The van der Waals surface area contributed by atoms with Crippen LogP contribution < -0.4 is 10.1 Å². The molecular weight excluding hydrogens is 308 g/mol. The highest BCUT2D eigenvalue weighted by Crippen LogP contribution is 2.20. The Bertz CT molecular complexity index is 771. The predicted molar refractivity (Wildman–Crippen MR) is 89.7 cm³/mol. The fourth-order valence-electron chi connectivity index (χ4n) is 2.12. The van der Waals surface area contributed by atoms with Crippen molar-refractivity contribution in [2.75, 3.05) is 5.32 Å². The number of aromatic nitrogens is 1. The van der Waals surface area contributed by atoms with Crippen LogP contribution in [0.3, 0.4) is 0 Å². The standard InChI is InChI=1S/C17H18N4O3/c1-3-14(9-18)24-15-6-4-5-13(8-15)10-19-17-7-12(2)16(11-20-17)21(22)23/h4-8,11,14H,3,10H2,1-2H3,(H,19,20). The molecule has 0 saturated heterocycles. The number of anilines is 1. The van der Waals surface area contributed by atoms with E-state index in [1.54, 1.807) is 19.1 Å². The van der Waals surface area contributed by atoms with Crippen LogP contribution in [0.4, 0.5) is 11.5 Å². The van der Waals surface area contributed by atoms with Gasteiger partial charge in [-0.15, -0.1) is 0 Å². The van der Waals surface area contributed by atoms with Gasteiger partial charge in [0.05, 0.1) is 4.92 Å². The molecule has 1 aromatic carbocycles. The fraction of sp³-hybridized carbons (Fsp3) is 0.294. The molecule has 0 aliphatic carbocycles. The topological polar surface area (TPSA) is 101 Å². The summed E-state index contributed by atoms with van der Waals surface area (Å²) in [5, 5.41) is 22.9. The van der Waals surface area contributed by atoms with Gasteiger partial charge in [0.1, 0.15) is 23.8 Å². The minimum atomic E-state index is -0.466. The summed E-state index contributed by atoms with van der Waals surface area (Å²) < 4.78 is 5.59. The van der Waals surface area contributed by atoms with E-state index in [-0.39, 0.29) is 5.69 Å². The highest BCUT2D eigenvalue weighted by molar-refractivity contribution is 5.47. The first-order valence-electron chi connectivity index (χ1n) is 7.53. The molecule has 7 nitrogen and oxygen atoms in total. The molecule has 1 unspecified atom stereocenters. The van der Waals surface area contributed by atoms with E-state index in [4.69, 9.17) is 10.00 Å². The number of ether oxygens (including phenoxy) is 1. The van der Waals surface area contributed by atoms with Gasteiger partial charge in [-0.05, 0) is 37.1 Å². The van der Waals surface area contributed by atoms with Crippen LogP contribution >= 0.6 is 0 Å². The lowest BCUT2D eigenvalue weighted by molar-refractivity contribution is -0.385. The van der Waals surface area contributed by atoms with Crippen LogP contribution in [0.15, 0.2) is 36.5 Å². The smallest absolute Gasteiger partial charge is 0.290 e. The maximum Gasteiger partial charge on any atom is 0.290 e. The average Bonchev–Trinajstić information content (AvgIpc) is 2.58. The average molecular weight is 326 g/mol. The van der Waals surface area contributed by atoms with Crippen molar-refractivity contribution in [3.8, 4) is 11.8 Å². The van der Waals surface area contributed by atoms with Gasteiger partial charge >= 0.3 is 0 Å². The van der Waals surface area contributed by atoms with E-state index in [0.29, 0.717) is 30.1 Å². The maximum atomic E-state index is 10.8. The number of nitrogens with one attached hydrogen (secondary N) is 1. The summed E-state index contributed by atoms with van der Waals surface area (Å²) in [6.07, 6.45) is 1.40. The van der Waals surface area contributed by atoms with Gasteiger partial charge in [0.15, 0.2) is 6.10 Å². The van der Waals surface area contributed by atoms with Crippen molar-refractivity contribution in [1.82, 2.24) is 4.98 Å². The number of hydrogen-bond donors (Lipinski definition) is 1. The Labute approximate surface area is 140 Å². The van der Waals surface area contributed by atoms with E-state index in [2.05, 4.69) is 16.4 Å². The molecule has 0 radical (unpaired) electrons. The molecule has 0 spiro atoms. The molecule has 1 aromatic heterocycles. The van der Waals surface area contributed by atoms with E-state index in [1.165, 1.54) is 6.20 Å². The molecule has 0 bridgehead atoms. The normalized spacial score (nSPS) is 11.4. The molecule has 0 fully saturated rings. The lowest BCUT2D eigenvalue weighted by atomic mass is 10.2. The van der Waals surface area contributed by atoms with Gasteiger partial charge in [-0.1, -0.05) is 19.1 Å². The highest BCUT2D eigenvalue weighted by atomic mass is 16.6. The quantitative estimate of drug-likeness (QED) is 0.616. The first-order chi connectivity index (χ1) is 11.5. The van der Waals surface area contributed by atoms with Crippen molar-refractivity contribution < 1.29 is 9.66 Å². The summed E-state index contributed by atoms with van der Waals surface area (Å²) in [5.74, 6) is 1.20. The van der Waals surface area contributed by atoms with E-state index in [1.807, 2.05) is 25.1 Å². The first-order valence-corrected chi connectivity index (χ1v) is 7.53. The van der Waals surface area contributed by atoms with Crippen LogP contribution in [0.1, 0.15) is 24.5 Å². The Kier molecular flexibility index (Phi) is 5.68. The van der Waals surface area contributed by atoms with E-state index in [9.17, 15) is 10.1 Å². The summed E-state index contributed by atoms with van der Waals surface area (Å²) >= 11 is 0. The van der Waals surface area contributed by atoms with Crippen molar-refractivity contribution in [2.45, 2.75) is 32.9 Å². The lowest BCUT2D eigenvalue weighted by Gasteiger charge is -2.12. The first kappa shape index (κ1) is 17.2. The summed E-state index contributed by atoms with van der Waals surface area (Å²) in [5.41, 5.74) is 1.51. The number of nitro groups is 1. The van der Waals surface area contributed by atoms with Gasteiger partial charge in [-0.2, -0.15) is 5.26 Å². The SMILES string of the molecule is CCC(C#N)Oc1cccc(CNc2cc(C)c([N+](=O)[O-])cn2)c1. The van der Waals surface area contributed by atoms with Crippen LogP contribution in [-0.4, -0.2) is 16.0 Å². The Morgan fingerprint density at radius 2 is 2.25 bits per heavy atom. The van der Waals surface area contributed by atoms with E-state index < -0.39 is 11.0 Å². The van der Waals surface area contributed by atoms with Crippen LogP contribution in [0.2, 0.25) is 0 Å². The zero-order valence-electron chi connectivity index (χ0n) is 13.5. The molecule has 1 heterocycles. The van der Waals surface area contributed by atoms with Gasteiger partial charge in [-0.25, -0.2) is 4.98 Å². The zero-order chi connectivity index (χ0) is 17.5.